The molecule has 3 N–H and O–H groups in total. The molecule has 0 bridgehead atoms. The van der Waals surface area contributed by atoms with Gasteiger partial charge < -0.3 is 15.3 Å². The summed E-state index contributed by atoms with van der Waals surface area (Å²) in [5.74, 6) is -0.186. The summed E-state index contributed by atoms with van der Waals surface area (Å²) in [5, 5.41) is 31.3. The van der Waals surface area contributed by atoms with Crippen LogP contribution in [-0.4, -0.2) is 33.5 Å². The SMILES string of the molecule is CCCCCCCCCCCCCCCCCCCCCC[C@@H](C(=O)O)[C@H](O)CCCCCCCCCCCCCCCCC[C@H](C)/C=C/CCCCCCCCCCCCCCC[C@H](O)[C@H](C)CCCCCCCCCCCCCCCCCC. The molecule has 0 aliphatic rings. The number of carbonyl (C=O) groups is 1. The van der Waals surface area contributed by atoms with Gasteiger partial charge in [-0.2, -0.15) is 0 Å². The van der Waals surface area contributed by atoms with Crippen molar-refractivity contribution >= 4 is 5.97 Å². The van der Waals surface area contributed by atoms with Crippen molar-refractivity contribution in [1.82, 2.24) is 0 Å². The fourth-order valence-electron chi connectivity index (χ4n) is 13.9. The summed E-state index contributed by atoms with van der Waals surface area (Å²) in [6.45, 7) is 9.30. The van der Waals surface area contributed by atoms with E-state index in [0.29, 0.717) is 18.8 Å². The van der Waals surface area contributed by atoms with Crippen molar-refractivity contribution in [3.63, 3.8) is 0 Å². The van der Waals surface area contributed by atoms with Crippen molar-refractivity contribution in [1.29, 1.82) is 0 Å². The van der Waals surface area contributed by atoms with E-state index >= 15 is 0 Å². The van der Waals surface area contributed by atoms with Crippen LogP contribution in [0.25, 0.3) is 0 Å². The zero-order valence-corrected chi connectivity index (χ0v) is 59.8. The van der Waals surface area contributed by atoms with Gasteiger partial charge in [-0.25, -0.2) is 0 Å². The Labute approximate surface area is 542 Å². The van der Waals surface area contributed by atoms with Gasteiger partial charge in [-0.3, -0.25) is 4.79 Å². The molecular formula is C82H162O4. The molecule has 0 rings (SSSR count). The first-order chi connectivity index (χ1) is 42.3. The highest BCUT2D eigenvalue weighted by atomic mass is 16.4. The van der Waals surface area contributed by atoms with Crippen LogP contribution in [0.4, 0.5) is 0 Å². The second-order valence-corrected chi connectivity index (χ2v) is 29.1. The van der Waals surface area contributed by atoms with Crippen LogP contribution in [0.2, 0.25) is 0 Å². The summed E-state index contributed by atoms with van der Waals surface area (Å²) in [6.07, 6.45) is 98.0. The lowest BCUT2D eigenvalue weighted by molar-refractivity contribution is -0.146. The van der Waals surface area contributed by atoms with E-state index in [0.717, 1.165) is 38.0 Å². The number of hydrogen-bond donors (Lipinski definition) is 3. The van der Waals surface area contributed by atoms with E-state index < -0.39 is 18.0 Å². The molecule has 0 saturated carbocycles. The van der Waals surface area contributed by atoms with Crippen LogP contribution in [0.1, 0.15) is 477 Å². The minimum Gasteiger partial charge on any atom is -0.481 e. The lowest BCUT2D eigenvalue weighted by Crippen LogP contribution is -2.28. The third-order valence-corrected chi connectivity index (χ3v) is 20.3. The van der Waals surface area contributed by atoms with Crippen LogP contribution in [-0.2, 0) is 4.79 Å². The topological polar surface area (TPSA) is 77.8 Å². The van der Waals surface area contributed by atoms with Gasteiger partial charge in [-0.1, -0.05) is 444 Å². The molecule has 0 aromatic rings. The van der Waals surface area contributed by atoms with Crippen LogP contribution in [0.15, 0.2) is 12.2 Å². The number of aliphatic hydroxyl groups excluding tert-OH is 2. The quantitative estimate of drug-likeness (QED) is 0.0419. The van der Waals surface area contributed by atoms with E-state index in [9.17, 15) is 20.1 Å². The number of unbranched alkanes of at least 4 members (excludes halogenated alkanes) is 61. The lowest BCUT2D eigenvalue weighted by atomic mass is 9.91. The Hall–Kier alpha value is -0.870. The van der Waals surface area contributed by atoms with Gasteiger partial charge in [0, 0.05) is 0 Å². The minimum atomic E-state index is -0.803. The highest BCUT2D eigenvalue weighted by molar-refractivity contribution is 5.70. The molecule has 4 nitrogen and oxygen atoms in total. The van der Waals surface area contributed by atoms with Crippen molar-refractivity contribution in [3.8, 4) is 0 Å². The van der Waals surface area contributed by atoms with Crippen LogP contribution in [0.5, 0.6) is 0 Å². The Bertz CT molecular complexity index is 1280. The molecule has 4 heteroatoms. The Balaban J connectivity index is 3.44. The first-order valence-corrected chi connectivity index (χ1v) is 40.6. The zero-order valence-electron chi connectivity index (χ0n) is 59.8. The number of aliphatic hydroxyl groups is 2. The Morgan fingerprint density at radius 2 is 0.477 bits per heavy atom. The largest absolute Gasteiger partial charge is 0.481 e. The van der Waals surface area contributed by atoms with E-state index in [2.05, 4.69) is 39.8 Å². The van der Waals surface area contributed by atoms with Crippen molar-refractivity contribution in [2.24, 2.45) is 17.8 Å². The van der Waals surface area contributed by atoms with Gasteiger partial charge in [0.2, 0.25) is 0 Å². The Morgan fingerprint density at radius 1 is 0.267 bits per heavy atom. The van der Waals surface area contributed by atoms with Crippen molar-refractivity contribution in [2.75, 3.05) is 0 Å². The second-order valence-electron chi connectivity index (χ2n) is 29.1. The van der Waals surface area contributed by atoms with Crippen LogP contribution in [0.3, 0.4) is 0 Å². The van der Waals surface area contributed by atoms with Gasteiger partial charge in [-0.05, 0) is 56.8 Å². The van der Waals surface area contributed by atoms with Gasteiger partial charge in [0.1, 0.15) is 0 Å². The standard InChI is InChI=1S/C82H162O4/c1-5-7-9-11-13-15-17-19-21-23-24-25-26-32-38-44-50-56-62-68-74-79(82(85)86)81(84)76-70-64-58-52-46-40-34-28-30-36-42-48-54-60-66-72-77(3)71-65-59-53-47-41-35-29-27-33-39-45-51-57-63-69-75-80(83)78(4)73-67-61-55-49-43-37-31-22-20-18-16-14-12-10-8-6-2/h65,71,77-81,83-84H,5-64,66-70,72-76H2,1-4H3,(H,85,86)/b71-65+/t77-,78-,79-,80+,81-/m1/s1. The van der Waals surface area contributed by atoms with Crippen molar-refractivity contribution < 1.29 is 20.1 Å². The van der Waals surface area contributed by atoms with Gasteiger partial charge >= 0.3 is 5.97 Å². The lowest BCUT2D eigenvalue weighted by Gasteiger charge is -2.19. The number of carboxylic acid groups (broad SMARTS) is 1. The van der Waals surface area contributed by atoms with E-state index in [1.807, 2.05) is 0 Å². The highest BCUT2D eigenvalue weighted by Gasteiger charge is 2.25. The Kier molecular flexibility index (Phi) is 72.4. The van der Waals surface area contributed by atoms with Crippen molar-refractivity contribution in [3.05, 3.63) is 12.2 Å². The van der Waals surface area contributed by atoms with E-state index in [1.165, 1.54) is 405 Å². The molecule has 86 heavy (non-hydrogen) atoms. The summed E-state index contributed by atoms with van der Waals surface area (Å²) < 4.78 is 0. The van der Waals surface area contributed by atoms with Crippen molar-refractivity contribution in [2.45, 2.75) is 489 Å². The normalized spacial score (nSPS) is 13.7. The predicted molar refractivity (Wildman–Crippen MR) is 385 cm³/mol. The summed E-state index contributed by atoms with van der Waals surface area (Å²) in [7, 11) is 0. The molecule has 0 unspecified atom stereocenters. The fraction of sp³-hybridized carbons (Fsp3) is 0.963. The smallest absolute Gasteiger partial charge is 0.309 e. The second kappa shape index (κ2) is 73.2. The molecule has 0 saturated heterocycles. The summed E-state index contributed by atoms with van der Waals surface area (Å²) in [4.78, 5) is 11.9. The number of rotatable bonds is 76. The zero-order chi connectivity index (χ0) is 62.4. The molecule has 0 spiro atoms. The van der Waals surface area contributed by atoms with Crippen LogP contribution < -0.4 is 0 Å². The van der Waals surface area contributed by atoms with Crippen LogP contribution in [0, 0.1) is 17.8 Å². The molecule has 514 valence electrons. The van der Waals surface area contributed by atoms with Gasteiger partial charge in [0.25, 0.3) is 0 Å². The third kappa shape index (κ3) is 67.5. The average molecular weight is 1210 g/mol. The number of aliphatic carboxylic acids is 1. The molecule has 0 radical (unpaired) electrons. The Morgan fingerprint density at radius 3 is 0.744 bits per heavy atom. The fourth-order valence-corrected chi connectivity index (χ4v) is 13.9. The summed E-state index contributed by atoms with van der Waals surface area (Å²) >= 11 is 0. The maximum Gasteiger partial charge on any atom is 0.309 e. The van der Waals surface area contributed by atoms with Crippen LogP contribution >= 0.6 is 0 Å². The first-order valence-electron chi connectivity index (χ1n) is 40.6. The third-order valence-electron chi connectivity index (χ3n) is 20.3. The number of allylic oxidation sites excluding steroid dienone is 2. The van der Waals surface area contributed by atoms with Gasteiger partial charge in [0.05, 0.1) is 18.1 Å². The van der Waals surface area contributed by atoms with E-state index in [-0.39, 0.29) is 6.10 Å². The maximum atomic E-state index is 11.9. The number of carboxylic acids is 1. The molecule has 0 heterocycles. The molecule has 5 atom stereocenters. The number of hydrogen-bond acceptors (Lipinski definition) is 3. The van der Waals surface area contributed by atoms with Gasteiger partial charge in [-0.15, -0.1) is 0 Å². The van der Waals surface area contributed by atoms with Gasteiger partial charge in [0.15, 0.2) is 0 Å². The predicted octanol–water partition coefficient (Wildman–Crippen LogP) is 28.6. The maximum absolute atomic E-state index is 11.9. The average Bonchev–Trinajstić information content (AvgIpc) is 3.51. The highest BCUT2D eigenvalue weighted by Crippen LogP contribution is 2.24. The molecule has 0 aromatic carbocycles. The minimum absolute atomic E-state index is 0.0854. The molecule has 0 amide bonds. The summed E-state index contributed by atoms with van der Waals surface area (Å²) in [6, 6.07) is 0. The van der Waals surface area contributed by atoms with E-state index in [4.69, 9.17) is 0 Å². The first kappa shape index (κ1) is 85.1. The summed E-state index contributed by atoms with van der Waals surface area (Å²) in [5.41, 5.74) is 0. The molecule has 0 aliphatic carbocycles. The molecule has 0 aliphatic heterocycles. The molecule has 0 fully saturated rings. The molecule has 0 aromatic heterocycles. The van der Waals surface area contributed by atoms with E-state index in [1.54, 1.807) is 0 Å². The molecular weight excluding hydrogens is 1050 g/mol. The monoisotopic (exact) mass is 1210 g/mol.